The van der Waals surface area contributed by atoms with Gasteiger partial charge in [-0.05, 0) is 13.8 Å². The summed E-state index contributed by atoms with van der Waals surface area (Å²) in [7, 11) is 0. The summed E-state index contributed by atoms with van der Waals surface area (Å²) in [6.45, 7) is 6.41. The summed E-state index contributed by atoms with van der Waals surface area (Å²) in [5.41, 5.74) is -0.130. The number of carboxylic acid groups (broad SMARTS) is 1. The lowest BCUT2D eigenvalue weighted by Gasteiger charge is -2.11. The first-order chi connectivity index (χ1) is 6.04. The number of carbonyl (C=O) groups is 1. The van der Waals surface area contributed by atoms with Crippen LogP contribution < -0.4 is 0 Å². The van der Waals surface area contributed by atoms with Crippen molar-refractivity contribution in [3.63, 3.8) is 0 Å². The molecule has 0 aromatic carbocycles. The molecular formula is C9H13FO3. The number of halogens is 1. The molecule has 1 unspecified atom stereocenters. The van der Waals surface area contributed by atoms with Crippen LogP contribution >= 0.6 is 0 Å². The summed E-state index contributed by atoms with van der Waals surface area (Å²) in [6, 6.07) is 0. The van der Waals surface area contributed by atoms with Gasteiger partial charge in [-0.1, -0.05) is 12.7 Å². The molecule has 0 radical (unpaired) electrons. The highest BCUT2D eigenvalue weighted by Crippen LogP contribution is 2.15. The highest BCUT2D eigenvalue weighted by atomic mass is 19.1. The van der Waals surface area contributed by atoms with Crippen molar-refractivity contribution >= 4 is 5.97 Å². The monoisotopic (exact) mass is 188 g/mol. The zero-order chi connectivity index (χ0) is 10.4. The van der Waals surface area contributed by atoms with E-state index in [-0.39, 0.29) is 17.9 Å². The van der Waals surface area contributed by atoms with E-state index in [1.54, 1.807) is 6.92 Å². The van der Waals surface area contributed by atoms with Crippen molar-refractivity contribution in [2.45, 2.75) is 20.0 Å². The zero-order valence-electron chi connectivity index (χ0n) is 7.71. The Kier molecular flexibility index (Phi) is 4.80. The van der Waals surface area contributed by atoms with E-state index in [9.17, 15) is 9.18 Å². The Labute approximate surface area is 76.5 Å². The van der Waals surface area contributed by atoms with Crippen LogP contribution in [0.5, 0.6) is 0 Å². The fourth-order valence-electron chi connectivity index (χ4n) is 0.763. The van der Waals surface area contributed by atoms with Crippen LogP contribution in [0.25, 0.3) is 0 Å². The molecule has 0 aromatic rings. The molecule has 0 saturated heterocycles. The van der Waals surface area contributed by atoms with Crippen LogP contribution in [-0.4, -0.2) is 23.9 Å². The Balaban J connectivity index is 4.86. The molecule has 0 aliphatic heterocycles. The quantitative estimate of drug-likeness (QED) is 0.407. The van der Waals surface area contributed by atoms with Gasteiger partial charge in [0.15, 0.2) is 6.17 Å². The average Bonchev–Trinajstić information content (AvgIpc) is 2.11. The lowest BCUT2D eigenvalue weighted by atomic mass is 10.2. The summed E-state index contributed by atoms with van der Waals surface area (Å²) in [4.78, 5) is 10.5. The average molecular weight is 188 g/mol. The van der Waals surface area contributed by atoms with Crippen LogP contribution in [0.15, 0.2) is 24.0 Å². The second kappa shape index (κ2) is 5.35. The summed E-state index contributed by atoms with van der Waals surface area (Å²) < 4.78 is 17.9. The minimum absolute atomic E-state index is 0.130. The van der Waals surface area contributed by atoms with Gasteiger partial charge < -0.3 is 9.84 Å². The normalized spacial score (nSPS) is 14.4. The van der Waals surface area contributed by atoms with Crippen LogP contribution in [0.2, 0.25) is 0 Å². The molecule has 1 N–H and O–H groups in total. The first-order valence-corrected chi connectivity index (χ1v) is 3.88. The van der Waals surface area contributed by atoms with Crippen LogP contribution in [0.3, 0.4) is 0 Å². The van der Waals surface area contributed by atoms with E-state index in [2.05, 4.69) is 6.58 Å². The van der Waals surface area contributed by atoms with E-state index in [1.165, 1.54) is 6.92 Å². The van der Waals surface area contributed by atoms with Crippen molar-refractivity contribution < 1.29 is 19.0 Å². The fourth-order valence-corrected chi connectivity index (χ4v) is 0.763. The maximum Gasteiger partial charge on any atom is 0.334 e. The number of hydrogen-bond acceptors (Lipinski definition) is 2. The molecule has 0 rings (SSSR count). The molecular weight excluding hydrogens is 175 g/mol. The number of aliphatic carboxylic acids is 1. The van der Waals surface area contributed by atoms with Crippen molar-refractivity contribution in [1.82, 2.24) is 0 Å². The standard InChI is InChI=1S/C9H13FO3/c1-4-7(10)8(13-5-2)6(3)9(11)12/h4,7H,1,5H2,2-3H3,(H,11,12)/b8-6-. The molecule has 0 heterocycles. The van der Waals surface area contributed by atoms with Crippen molar-refractivity contribution in [3.8, 4) is 0 Å². The maximum atomic E-state index is 13.0. The summed E-state index contributed by atoms with van der Waals surface area (Å²) in [5, 5.41) is 8.58. The molecule has 3 nitrogen and oxygen atoms in total. The summed E-state index contributed by atoms with van der Waals surface area (Å²) >= 11 is 0. The van der Waals surface area contributed by atoms with E-state index in [4.69, 9.17) is 9.84 Å². The van der Waals surface area contributed by atoms with Crippen LogP contribution in [0, 0.1) is 0 Å². The van der Waals surface area contributed by atoms with Gasteiger partial charge in [-0.2, -0.15) is 0 Å². The summed E-state index contributed by atoms with van der Waals surface area (Å²) in [6.07, 6.45) is -0.562. The topological polar surface area (TPSA) is 46.5 Å². The maximum absolute atomic E-state index is 13.0. The van der Waals surface area contributed by atoms with Gasteiger partial charge in [0.05, 0.1) is 12.2 Å². The number of rotatable bonds is 5. The first-order valence-electron chi connectivity index (χ1n) is 3.88. The number of ether oxygens (including phenoxy) is 1. The molecule has 0 fully saturated rings. The van der Waals surface area contributed by atoms with Gasteiger partial charge in [0.25, 0.3) is 0 Å². The smallest absolute Gasteiger partial charge is 0.334 e. The Morgan fingerprint density at radius 1 is 1.77 bits per heavy atom. The predicted molar refractivity (Wildman–Crippen MR) is 47.1 cm³/mol. The van der Waals surface area contributed by atoms with E-state index in [0.29, 0.717) is 0 Å². The molecule has 1 atom stereocenters. The highest BCUT2D eigenvalue weighted by Gasteiger charge is 2.17. The third-order valence-electron chi connectivity index (χ3n) is 1.45. The number of allylic oxidation sites excluding steroid dienone is 1. The molecule has 74 valence electrons. The molecule has 0 spiro atoms. The zero-order valence-corrected chi connectivity index (χ0v) is 7.71. The van der Waals surface area contributed by atoms with E-state index in [1.807, 2.05) is 0 Å². The Bertz CT molecular complexity index is 233. The second-order valence-corrected chi connectivity index (χ2v) is 2.36. The van der Waals surface area contributed by atoms with E-state index < -0.39 is 12.1 Å². The van der Waals surface area contributed by atoms with Crippen molar-refractivity contribution in [2.24, 2.45) is 0 Å². The number of carboxylic acids is 1. The van der Waals surface area contributed by atoms with Crippen molar-refractivity contribution in [3.05, 3.63) is 24.0 Å². The molecule has 0 bridgehead atoms. The molecule has 0 aromatic heterocycles. The van der Waals surface area contributed by atoms with Gasteiger partial charge in [-0.25, -0.2) is 9.18 Å². The lowest BCUT2D eigenvalue weighted by Crippen LogP contribution is -2.12. The van der Waals surface area contributed by atoms with Crippen molar-refractivity contribution in [2.75, 3.05) is 6.61 Å². The number of alkyl halides is 1. The Morgan fingerprint density at radius 3 is 2.62 bits per heavy atom. The van der Waals surface area contributed by atoms with Crippen LogP contribution in [0.4, 0.5) is 4.39 Å². The van der Waals surface area contributed by atoms with Gasteiger partial charge in [0.1, 0.15) is 5.76 Å². The van der Waals surface area contributed by atoms with Gasteiger partial charge in [-0.3, -0.25) is 0 Å². The molecule has 4 heteroatoms. The molecule has 0 aliphatic rings. The number of hydrogen-bond donors (Lipinski definition) is 1. The van der Waals surface area contributed by atoms with Crippen molar-refractivity contribution in [1.29, 1.82) is 0 Å². The second-order valence-electron chi connectivity index (χ2n) is 2.36. The third-order valence-corrected chi connectivity index (χ3v) is 1.45. The highest BCUT2D eigenvalue weighted by molar-refractivity contribution is 5.86. The molecule has 13 heavy (non-hydrogen) atoms. The SMILES string of the molecule is C=CC(F)/C(OCC)=C(\C)C(=O)O. The lowest BCUT2D eigenvalue weighted by molar-refractivity contribution is -0.132. The van der Waals surface area contributed by atoms with Gasteiger partial charge >= 0.3 is 5.97 Å². The van der Waals surface area contributed by atoms with Gasteiger partial charge in [0, 0.05) is 0 Å². The largest absolute Gasteiger partial charge is 0.494 e. The van der Waals surface area contributed by atoms with Gasteiger partial charge in [0.2, 0.25) is 0 Å². The first kappa shape index (κ1) is 11.7. The predicted octanol–water partition coefficient (Wildman–Crippen LogP) is 1.91. The third kappa shape index (κ3) is 3.27. The molecule has 0 saturated carbocycles. The minimum atomic E-state index is -1.56. The fraction of sp³-hybridized carbons (Fsp3) is 0.444. The molecule has 0 aliphatic carbocycles. The van der Waals surface area contributed by atoms with Crippen LogP contribution in [-0.2, 0) is 9.53 Å². The Morgan fingerprint density at radius 2 is 2.31 bits per heavy atom. The van der Waals surface area contributed by atoms with Crippen LogP contribution in [0.1, 0.15) is 13.8 Å². The molecule has 0 amide bonds. The van der Waals surface area contributed by atoms with E-state index >= 15 is 0 Å². The summed E-state index contributed by atoms with van der Waals surface area (Å²) in [5.74, 6) is -1.36. The van der Waals surface area contributed by atoms with E-state index in [0.717, 1.165) is 6.08 Å². The van der Waals surface area contributed by atoms with Gasteiger partial charge in [-0.15, -0.1) is 0 Å². The Hall–Kier alpha value is -1.32. The minimum Gasteiger partial charge on any atom is -0.494 e.